The van der Waals surface area contributed by atoms with Gasteiger partial charge < -0.3 is 0 Å². The second-order valence-electron chi connectivity index (χ2n) is 4.96. The van der Waals surface area contributed by atoms with E-state index in [1.165, 1.54) is 11.3 Å². The SMILES string of the molecule is Cc1ccc(S(=O)(=O)NCc2ccc(-c3ccccn3)nc2)s1. The molecule has 118 valence electrons. The van der Waals surface area contributed by atoms with Crippen molar-refractivity contribution in [3.8, 4) is 11.4 Å². The average Bonchev–Trinajstić information content (AvgIpc) is 3.02. The molecule has 3 heterocycles. The topological polar surface area (TPSA) is 72.0 Å². The summed E-state index contributed by atoms with van der Waals surface area (Å²) in [5, 5.41) is 0. The van der Waals surface area contributed by atoms with Crippen LogP contribution in [0.5, 0.6) is 0 Å². The third-order valence-corrected chi connectivity index (χ3v) is 6.09. The van der Waals surface area contributed by atoms with Gasteiger partial charge in [0.25, 0.3) is 0 Å². The van der Waals surface area contributed by atoms with E-state index in [1.54, 1.807) is 24.5 Å². The highest BCUT2D eigenvalue weighted by Gasteiger charge is 2.15. The van der Waals surface area contributed by atoms with Crippen molar-refractivity contribution >= 4 is 21.4 Å². The van der Waals surface area contributed by atoms with Crippen molar-refractivity contribution in [3.05, 3.63) is 65.3 Å². The Morgan fingerprint density at radius 1 is 1.04 bits per heavy atom. The normalized spacial score (nSPS) is 11.5. The Bertz CT molecular complexity index is 889. The molecule has 3 aromatic heterocycles. The fraction of sp³-hybridized carbons (Fsp3) is 0.125. The minimum atomic E-state index is -3.47. The van der Waals surface area contributed by atoms with E-state index in [0.29, 0.717) is 4.21 Å². The summed E-state index contributed by atoms with van der Waals surface area (Å²) in [7, 11) is -3.47. The van der Waals surface area contributed by atoms with Crippen LogP contribution in [0.2, 0.25) is 0 Å². The minimum absolute atomic E-state index is 0.203. The fourth-order valence-corrected chi connectivity index (χ4v) is 4.35. The van der Waals surface area contributed by atoms with Gasteiger partial charge in [-0.1, -0.05) is 12.1 Å². The lowest BCUT2D eigenvalue weighted by Crippen LogP contribution is -2.22. The first-order chi connectivity index (χ1) is 11.0. The van der Waals surface area contributed by atoms with Crippen LogP contribution in [0.15, 0.2) is 59.1 Å². The number of aryl methyl sites for hydroxylation is 1. The Balaban J connectivity index is 1.69. The number of hydrogen-bond donors (Lipinski definition) is 1. The average molecular weight is 345 g/mol. The largest absolute Gasteiger partial charge is 0.255 e. The number of pyridine rings is 2. The molecule has 0 amide bonds. The summed E-state index contributed by atoms with van der Waals surface area (Å²) in [5.74, 6) is 0. The molecule has 0 aliphatic carbocycles. The van der Waals surface area contributed by atoms with Crippen LogP contribution >= 0.6 is 11.3 Å². The molecule has 23 heavy (non-hydrogen) atoms. The molecular weight excluding hydrogens is 330 g/mol. The molecule has 0 aliphatic heterocycles. The highest BCUT2D eigenvalue weighted by Crippen LogP contribution is 2.20. The zero-order valence-corrected chi connectivity index (χ0v) is 14.1. The minimum Gasteiger partial charge on any atom is -0.255 e. The molecule has 0 saturated carbocycles. The van der Waals surface area contributed by atoms with Crippen LogP contribution in [0, 0.1) is 6.92 Å². The number of nitrogens with zero attached hydrogens (tertiary/aromatic N) is 2. The maximum Gasteiger partial charge on any atom is 0.250 e. The maximum atomic E-state index is 12.2. The summed E-state index contributed by atoms with van der Waals surface area (Å²) in [6.07, 6.45) is 3.37. The third-order valence-electron chi connectivity index (χ3n) is 3.20. The summed E-state index contributed by atoms with van der Waals surface area (Å²) < 4.78 is 27.3. The van der Waals surface area contributed by atoms with E-state index in [9.17, 15) is 8.42 Å². The smallest absolute Gasteiger partial charge is 0.250 e. The van der Waals surface area contributed by atoms with E-state index in [1.807, 2.05) is 37.3 Å². The second-order valence-corrected chi connectivity index (χ2v) is 8.24. The molecule has 0 saturated heterocycles. The van der Waals surface area contributed by atoms with Crippen molar-refractivity contribution in [2.75, 3.05) is 0 Å². The Kier molecular flexibility index (Phi) is 4.51. The molecule has 0 aromatic carbocycles. The second kappa shape index (κ2) is 6.57. The summed E-state index contributed by atoms with van der Waals surface area (Å²) in [6, 6.07) is 12.7. The summed E-state index contributed by atoms with van der Waals surface area (Å²) >= 11 is 1.26. The molecule has 0 spiro atoms. The fourth-order valence-electron chi connectivity index (χ4n) is 2.00. The molecule has 7 heteroatoms. The van der Waals surface area contributed by atoms with Crippen LogP contribution in [-0.4, -0.2) is 18.4 Å². The number of hydrogen-bond acceptors (Lipinski definition) is 5. The Hall–Kier alpha value is -2.09. The summed E-state index contributed by atoms with van der Waals surface area (Å²) in [4.78, 5) is 9.53. The zero-order chi connectivity index (χ0) is 16.3. The molecule has 3 rings (SSSR count). The number of sulfonamides is 1. The molecular formula is C16H15N3O2S2. The number of thiophene rings is 1. The lowest BCUT2D eigenvalue weighted by molar-refractivity contribution is 0.583. The Labute approximate surface area is 139 Å². The number of nitrogens with one attached hydrogen (secondary N) is 1. The van der Waals surface area contributed by atoms with Gasteiger partial charge in [-0.05, 0) is 42.8 Å². The van der Waals surface area contributed by atoms with Crippen molar-refractivity contribution in [2.45, 2.75) is 17.7 Å². The zero-order valence-electron chi connectivity index (χ0n) is 12.4. The highest BCUT2D eigenvalue weighted by molar-refractivity contribution is 7.91. The van der Waals surface area contributed by atoms with Gasteiger partial charge in [0.1, 0.15) is 4.21 Å². The van der Waals surface area contributed by atoms with Crippen molar-refractivity contribution in [3.63, 3.8) is 0 Å². The van der Waals surface area contributed by atoms with Crippen LogP contribution < -0.4 is 4.72 Å². The molecule has 0 atom stereocenters. The van der Waals surface area contributed by atoms with E-state index < -0.39 is 10.0 Å². The van der Waals surface area contributed by atoms with E-state index >= 15 is 0 Å². The number of rotatable bonds is 5. The molecule has 0 aliphatic rings. The summed E-state index contributed by atoms with van der Waals surface area (Å²) in [5.41, 5.74) is 2.33. The monoisotopic (exact) mass is 345 g/mol. The van der Waals surface area contributed by atoms with E-state index in [0.717, 1.165) is 21.8 Å². The molecule has 3 aromatic rings. The first kappa shape index (κ1) is 15.8. The standard InChI is InChI=1S/C16H15N3O2S2/c1-12-5-8-16(22-12)23(20,21)19-11-13-6-7-15(18-10-13)14-4-2-3-9-17-14/h2-10,19H,11H2,1H3. The highest BCUT2D eigenvalue weighted by atomic mass is 32.2. The van der Waals surface area contributed by atoms with Gasteiger partial charge in [-0.3, -0.25) is 9.97 Å². The number of aromatic nitrogens is 2. The van der Waals surface area contributed by atoms with Gasteiger partial charge in [0.2, 0.25) is 10.0 Å². The predicted molar refractivity (Wildman–Crippen MR) is 90.5 cm³/mol. The first-order valence-electron chi connectivity index (χ1n) is 6.97. The van der Waals surface area contributed by atoms with Crippen molar-refractivity contribution in [2.24, 2.45) is 0 Å². The van der Waals surface area contributed by atoms with Crippen LogP contribution in [0.3, 0.4) is 0 Å². The van der Waals surface area contributed by atoms with Gasteiger partial charge in [-0.2, -0.15) is 0 Å². The Morgan fingerprint density at radius 3 is 2.48 bits per heavy atom. The predicted octanol–water partition coefficient (Wildman–Crippen LogP) is 2.99. The lowest BCUT2D eigenvalue weighted by atomic mass is 10.2. The van der Waals surface area contributed by atoms with Gasteiger partial charge in [0.05, 0.1) is 11.4 Å². The first-order valence-corrected chi connectivity index (χ1v) is 9.27. The van der Waals surface area contributed by atoms with Crippen molar-refractivity contribution < 1.29 is 8.42 Å². The van der Waals surface area contributed by atoms with Crippen LogP contribution in [-0.2, 0) is 16.6 Å². The van der Waals surface area contributed by atoms with Crippen LogP contribution in [0.1, 0.15) is 10.4 Å². The summed E-state index contributed by atoms with van der Waals surface area (Å²) in [6.45, 7) is 2.08. The van der Waals surface area contributed by atoms with E-state index in [2.05, 4.69) is 14.7 Å². The molecule has 5 nitrogen and oxygen atoms in total. The quantitative estimate of drug-likeness (QED) is 0.771. The molecule has 0 radical (unpaired) electrons. The maximum absolute atomic E-state index is 12.2. The van der Waals surface area contributed by atoms with Crippen molar-refractivity contribution in [1.82, 2.24) is 14.7 Å². The van der Waals surface area contributed by atoms with Crippen molar-refractivity contribution in [1.29, 1.82) is 0 Å². The third kappa shape index (κ3) is 3.82. The van der Waals surface area contributed by atoms with Gasteiger partial charge >= 0.3 is 0 Å². The van der Waals surface area contributed by atoms with Gasteiger partial charge in [-0.25, -0.2) is 13.1 Å². The van der Waals surface area contributed by atoms with Gasteiger partial charge in [0.15, 0.2) is 0 Å². The van der Waals surface area contributed by atoms with Crippen LogP contribution in [0.25, 0.3) is 11.4 Å². The van der Waals surface area contributed by atoms with Gasteiger partial charge in [-0.15, -0.1) is 11.3 Å². The lowest BCUT2D eigenvalue weighted by Gasteiger charge is -2.05. The van der Waals surface area contributed by atoms with Gasteiger partial charge in [0, 0.05) is 23.8 Å². The Morgan fingerprint density at radius 2 is 1.87 bits per heavy atom. The molecule has 0 bridgehead atoms. The van der Waals surface area contributed by atoms with Crippen LogP contribution in [0.4, 0.5) is 0 Å². The molecule has 0 unspecified atom stereocenters. The molecule has 0 fully saturated rings. The van der Waals surface area contributed by atoms with E-state index in [4.69, 9.17) is 0 Å². The molecule has 1 N–H and O–H groups in total. The van der Waals surface area contributed by atoms with E-state index in [-0.39, 0.29) is 6.54 Å².